The Labute approximate surface area is 63.6 Å². The van der Waals surface area contributed by atoms with E-state index in [1.54, 1.807) is 0 Å². The Hall–Kier alpha value is 0.430. The average molecular weight is 114 g/mol. The van der Waals surface area contributed by atoms with Crippen LogP contribution in [0.4, 0.5) is 0 Å². The van der Waals surface area contributed by atoms with Gasteiger partial charge in [-0.3, -0.25) is 0 Å². The van der Waals surface area contributed by atoms with Crippen LogP contribution in [0.15, 0.2) is 0 Å². The molecule has 37 valence electrons. The summed E-state index contributed by atoms with van der Waals surface area (Å²) in [7, 11) is 0. The summed E-state index contributed by atoms with van der Waals surface area (Å²) in [5.74, 6) is -1.19. The van der Waals surface area contributed by atoms with Crippen LogP contribution in [0.5, 0.6) is 0 Å². The maximum atomic E-state index is 9.45. The first-order chi connectivity index (χ1) is 2.64. The molecule has 1 radical (unpaired) electrons. The van der Waals surface area contributed by atoms with E-state index in [0.29, 0.717) is 0 Å². The summed E-state index contributed by atoms with van der Waals surface area (Å²) >= 11 is 0. The minimum atomic E-state index is -1.23. The van der Waals surface area contributed by atoms with Crippen molar-refractivity contribution in [1.29, 1.82) is 0 Å². The van der Waals surface area contributed by atoms with E-state index in [0.717, 1.165) is 0 Å². The summed E-state index contributed by atoms with van der Waals surface area (Å²) < 4.78 is 0. The SMILES string of the molecule is CC(O)[13C](=O)O.[Na]. The van der Waals surface area contributed by atoms with Crippen LogP contribution in [-0.4, -0.2) is 51.8 Å². The standard InChI is InChI=1S/C3H6O3.Na/c1-2(4)3(5)6;/h2,4H,1H3,(H,5,6);/i3+1;. The first-order valence-electron chi connectivity index (χ1n) is 1.55. The molecular weight excluding hydrogens is 108 g/mol. The molecule has 0 aromatic carbocycles. The normalized spacial score (nSPS) is 11.7. The molecule has 0 aromatic heterocycles. The van der Waals surface area contributed by atoms with Gasteiger partial charge in [0.05, 0.1) is 0 Å². The maximum absolute atomic E-state index is 9.45. The number of carbonyl (C=O) groups is 1. The van der Waals surface area contributed by atoms with Crippen molar-refractivity contribution in [3.8, 4) is 0 Å². The molecule has 0 saturated heterocycles. The molecule has 2 N–H and O–H groups in total. The van der Waals surface area contributed by atoms with Crippen molar-refractivity contribution >= 4 is 35.5 Å². The molecule has 0 amide bonds. The first-order valence-corrected chi connectivity index (χ1v) is 1.55. The van der Waals surface area contributed by atoms with E-state index in [1.165, 1.54) is 6.92 Å². The predicted molar refractivity (Wildman–Crippen MR) is 25.1 cm³/mol. The minimum Gasteiger partial charge on any atom is -0.479 e. The average Bonchev–Trinajstić information content (AvgIpc) is 1.36. The third kappa shape index (κ3) is 6.43. The van der Waals surface area contributed by atoms with Crippen molar-refractivity contribution in [1.82, 2.24) is 0 Å². The fourth-order valence-electron chi connectivity index (χ4n) is 0. The number of carboxylic acid groups (broad SMARTS) is 1. The molecular formula is C3H6NaO3. The van der Waals surface area contributed by atoms with Crippen LogP contribution in [0.25, 0.3) is 0 Å². The summed E-state index contributed by atoms with van der Waals surface area (Å²) in [5, 5.41) is 15.8. The van der Waals surface area contributed by atoms with Crippen LogP contribution >= 0.6 is 0 Å². The molecule has 0 aliphatic heterocycles. The Morgan fingerprint density at radius 1 is 1.71 bits per heavy atom. The Balaban J connectivity index is 0. The van der Waals surface area contributed by atoms with Crippen molar-refractivity contribution in [3.05, 3.63) is 0 Å². The van der Waals surface area contributed by atoms with Gasteiger partial charge in [-0.2, -0.15) is 0 Å². The zero-order chi connectivity index (χ0) is 5.15. The van der Waals surface area contributed by atoms with Gasteiger partial charge in [-0.25, -0.2) is 4.79 Å². The van der Waals surface area contributed by atoms with E-state index in [9.17, 15) is 4.79 Å². The van der Waals surface area contributed by atoms with Crippen molar-refractivity contribution in [2.24, 2.45) is 0 Å². The predicted octanol–water partition coefficient (Wildman–Crippen LogP) is -0.929. The van der Waals surface area contributed by atoms with Crippen LogP contribution in [-0.2, 0) is 4.79 Å². The second-order valence-corrected chi connectivity index (χ2v) is 1.01. The van der Waals surface area contributed by atoms with E-state index in [-0.39, 0.29) is 29.6 Å². The van der Waals surface area contributed by atoms with Crippen molar-refractivity contribution < 1.29 is 15.0 Å². The molecule has 7 heavy (non-hydrogen) atoms. The van der Waals surface area contributed by atoms with Crippen LogP contribution in [0, 0.1) is 0 Å². The zero-order valence-electron chi connectivity index (χ0n) is 4.38. The van der Waals surface area contributed by atoms with E-state index in [1.807, 2.05) is 0 Å². The molecule has 0 rings (SSSR count). The van der Waals surface area contributed by atoms with Crippen LogP contribution in [0.2, 0.25) is 0 Å². The summed E-state index contributed by atoms with van der Waals surface area (Å²) in [4.78, 5) is 9.45. The number of carboxylic acids is 1. The van der Waals surface area contributed by atoms with E-state index in [4.69, 9.17) is 10.2 Å². The molecule has 0 saturated carbocycles. The Morgan fingerprint density at radius 3 is 1.86 bits per heavy atom. The van der Waals surface area contributed by atoms with Crippen LogP contribution in [0.1, 0.15) is 6.92 Å². The molecule has 0 aliphatic carbocycles. The summed E-state index contributed by atoms with van der Waals surface area (Å²) in [5.41, 5.74) is 0. The maximum Gasteiger partial charge on any atom is 0.332 e. The van der Waals surface area contributed by atoms with Gasteiger partial charge in [0.15, 0.2) is 0 Å². The second kappa shape index (κ2) is 4.59. The van der Waals surface area contributed by atoms with Gasteiger partial charge in [0.2, 0.25) is 0 Å². The molecule has 0 fully saturated rings. The molecule has 0 aromatic rings. The molecule has 0 heterocycles. The van der Waals surface area contributed by atoms with Gasteiger partial charge in [0.25, 0.3) is 0 Å². The number of aliphatic hydroxyl groups is 1. The van der Waals surface area contributed by atoms with E-state index >= 15 is 0 Å². The molecule has 0 aliphatic rings. The third-order valence-corrected chi connectivity index (χ3v) is 0.357. The Morgan fingerprint density at radius 2 is 1.86 bits per heavy atom. The van der Waals surface area contributed by atoms with Gasteiger partial charge >= 0.3 is 5.97 Å². The molecule has 3 nitrogen and oxygen atoms in total. The van der Waals surface area contributed by atoms with Gasteiger partial charge in [-0.05, 0) is 6.92 Å². The van der Waals surface area contributed by atoms with E-state index in [2.05, 4.69) is 0 Å². The number of hydrogen-bond donors (Lipinski definition) is 2. The van der Waals surface area contributed by atoms with Crippen molar-refractivity contribution in [2.75, 3.05) is 0 Å². The molecule has 0 bridgehead atoms. The molecule has 4 heteroatoms. The van der Waals surface area contributed by atoms with Crippen molar-refractivity contribution in [3.63, 3.8) is 0 Å². The van der Waals surface area contributed by atoms with E-state index < -0.39 is 12.1 Å². The molecule has 0 spiro atoms. The Kier molecular flexibility index (Phi) is 6.82. The van der Waals surface area contributed by atoms with Gasteiger partial charge in [0, 0.05) is 29.6 Å². The zero-order valence-corrected chi connectivity index (χ0v) is 6.38. The number of aliphatic carboxylic acids is 1. The number of rotatable bonds is 1. The quantitative estimate of drug-likeness (QED) is 0.342. The van der Waals surface area contributed by atoms with Gasteiger partial charge in [0.1, 0.15) is 6.10 Å². The topological polar surface area (TPSA) is 57.5 Å². The van der Waals surface area contributed by atoms with Crippen LogP contribution < -0.4 is 0 Å². The molecule has 1 atom stereocenters. The molecule has 1 unspecified atom stereocenters. The fraction of sp³-hybridized carbons (Fsp3) is 0.667. The van der Waals surface area contributed by atoms with Gasteiger partial charge < -0.3 is 10.2 Å². The smallest absolute Gasteiger partial charge is 0.332 e. The van der Waals surface area contributed by atoms with Gasteiger partial charge in [-0.1, -0.05) is 0 Å². The first kappa shape index (κ1) is 10.4. The largest absolute Gasteiger partial charge is 0.479 e. The summed E-state index contributed by atoms with van der Waals surface area (Å²) in [6.45, 7) is 1.20. The number of hydrogen-bond acceptors (Lipinski definition) is 2. The monoisotopic (exact) mass is 114 g/mol. The minimum absolute atomic E-state index is 0. The van der Waals surface area contributed by atoms with Crippen LogP contribution in [0.3, 0.4) is 0 Å². The fourth-order valence-corrected chi connectivity index (χ4v) is 0. The Bertz CT molecular complexity index is 61.2. The summed E-state index contributed by atoms with van der Waals surface area (Å²) in [6, 6.07) is 0. The third-order valence-electron chi connectivity index (χ3n) is 0.357. The number of aliphatic hydroxyl groups excluding tert-OH is 1. The summed E-state index contributed by atoms with van der Waals surface area (Å²) in [6.07, 6.45) is -1.23. The van der Waals surface area contributed by atoms with Crippen molar-refractivity contribution in [2.45, 2.75) is 13.0 Å². The second-order valence-electron chi connectivity index (χ2n) is 1.01. The van der Waals surface area contributed by atoms with Gasteiger partial charge in [-0.15, -0.1) is 0 Å².